The van der Waals surface area contributed by atoms with Gasteiger partial charge in [0.25, 0.3) is 5.91 Å². The molecule has 2 aromatic carbocycles. The molecule has 1 heterocycles. The minimum absolute atomic E-state index is 0.0704. The van der Waals surface area contributed by atoms with Gasteiger partial charge >= 0.3 is 0 Å². The molecule has 2 N–H and O–H groups in total. The number of nitrogens with one attached hydrogen (secondary N) is 1. The molecule has 1 fully saturated rings. The SMILES string of the molecule is Cc1ccccc1COc1ccc(S(=O)(=O)N2CCN(C)CC2C(=O)NO)cc1. The van der Waals surface area contributed by atoms with Crippen molar-refractivity contribution in [1.29, 1.82) is 0 Å². The Hall–Kier alpha value is -2.46. The predicted octanol–water partition coefficient (Wildman–Crippen LogP) is 1.38. The molecule has 3 rings (SSSR count). The zero-order valence-electron chi connectivity index (χ0n) is 16.4. The lowest BCUT2D eigenvalue weighted by Crippen LogP contribution is -2.59. The van der Waals surface area contributed by atoms with E-state index in [1.165, 1.54) is 12.1 Å². The van der Waals surface area contributed by atoms with E-state index in [1.807, 2.05) is 36.1 Å². The molecule has 0 bridgehead atoms. The first kappa shape index (κ1) is 21.3. The second-order valence-electron chi connectivity index (χ2n) is 7.06. The predicted molar refractivity (Wildman–Crippen MR) is 107 cm³/mol. The number of amides is 1. The van der Waals surface area contributed by atoms with Crippen LogP contribution < -0.4 is 10.2 Å². The Balaban J connectivity index is 1.75. The highest BCUT2D eigenvalue weighted by Crippen LogP contribution is 2.24. The number of ether oxygens (including phenoxy) is 1. The fraction of sp³-hybridized carbons (Fsp3) is 0.350. The van der Waals surface area contributed by atoms with E-state index in [-0.39, 0.29) is 18.0 Å². The van der Waals surface area contributed by atoms with Crippen molar-refractivity contribution < 1.29 is 23.2 Å². The third-order valence-corrected chi connectivity index (χ3v) is 6.96. The van der Waals surface area contributed by atoms with Gasteiger partial charge in [-0.25, -0.2) is 13.9 Å². The van der Waals surface area contributed by atoms with Crippen LogP contribution in [-0.4, -0.2) is 61.5 Å². The number of piperazine rings is 1. The van der Waals surface area contributed by atoms with Crippen LogP contribution in [0.2, 0.25) is 0 Å². The van der Waals surface area contributed by atoms with Gasteiger partial charge in [-0.05, 0) is 49.4 Å². The molecule has 29 heavy (non-hydrogen) atoms. The van der Waals surface area contributed by atoms with Gasteiger partial charge in [-0.3, -0.25) is 10.0 Å². The van der Waals surface area contributed by atoms with Crippen molar-refractivity contribution >= 4 is 15.9 Å². The van der Waals surface area contributed by atoms with E-state index in [4.69, 9.17) is 9.94 Å². The van der Waals surface area contributed by atoms with Crippen LogP contribution in [0.5, 0.6) is 5.75 Å². The number of hydrogen-bond acceptors (Lipinski definition) is 6. The van der Waals surface area contributed by atoms with Gasteiger partial charge in [0.2, 0.25) is 10.0 Å². The summed E-state index contributed by atoms with van der Waals surface area (Å²) in [4.78, 5) is 13.9. The molecule has 8 nitrogen and oxygen atoms in total. The van der Waals surface area contributed by atoms with Crippen molar-refractivity contribution in [2.75, 3.05) is 26.7 Å². The fourth-order valence-electron chi connectivity index (χ4n) is 3.25. The van der Waals surface area contributed by atoms with Crippen molar-refractivity contribution in [3.8, 4) is 5.75 Å². The average molecular weight is 420 g/mol. The molecule has 0 saturated carbocycles. The maximum atomic E-state index is 13.1. The van der Waals surface area contributed by atoms with Gasteiger partial charge < -0.3 is 9.64 Å². The minimum Gasteiger partial charge on any atom is -0.489 e. The van der Waals surface area contributed by atoms with Crippen molar-refractivity contribution in [3.05, 3.63) is 59.7 Å². The number of aryl methyl sites for hydroxylation is 1. The zero-order valence-corrected chi connectivity index (χ0v) is 17.2. The number of nitrogens with zero attached hydrogens (tertiary/aromatic N) is 2. The van der Waals surface area contributed by atoms with Crippen molar-refractivity contribution in [3.63, 3.8) is 0 Å². The standard InChI is InChI=1S/C20H25N3O5S/c1-15-5-3-4-6-16(15)14-28-17-7-9-18(10-8-17)29(26,27)23-12-11-22(2)13-19(23)20(24)21-25/h3-10,19,25H,11-14H2,1-2H3,(H,21,24). The lowest BCUT2D eigenvalue weighted by Gasteiger charge is -2.37. The number of hydroxylamine groups is 1. The minimum atomic E-state index is -3.90. The summed E-state index contributed by atoms with van der Waals surface area (Å²) in [5.41, 5.74) is 3.74. The molecule has 1 aliphatic rings. The Labute approximate surface area is 170 Å². The molecular weight excluding hydrogens is 394 g/mol. The molecule has 156 valence electrons. The highest BCUT2D eigenvalue weighted by Gasteiger charge is 2.39. The van der Waals surface area contributed by atoms with E-state index in [0.717, 1.165) is 15.4 Å². The maximum Gasteiger partial charge on any atom is 0.263 e. The lowest BCUT2D eigenvalue weighted by molar-refractivity contribution is -0.134. The van der Waals surface area contributed by atoms with Crippen molar-refractivity contribution in [2.24, 2.45) is 0 Å². The number of likely N-dealkylation sites (N-methyl/N-ethyl adjacent to an activating group) is 1. The molecule has 1 aliphatic heterocycles. The molecule has 0 aromatic heterocycles. The summed E-state index contributed by atoms with van der Waals surface area (Å²) in [7, 11) is -2.11. The zero-order chi connectivity index (χ0) is 21.0. The Bertz CT molecular complexity index is 962. The van der Waals surface area contributed by atoms with Gasteiger partial charge in [0, 0.05) is 19.6 Å². The van der Waals surface area contributed by atoms with E-state index < -0.39 is 22.0 Å². The number of hydrogen-bond donors (Lipinski definition) is 2. The third-order valence-electron chi connectivity index (χ3n) is 5.03. The van der Waals surface area contributed by atoms with Gasteiger partial charge in [0.1, 0.15) is 18.4 Å². The molecule has 1 unspecified atom stereocenters. The van der Waals surface area contributed by atoms with Crippen LogP contribution in [0.1, 0.15) is 11.1 Å². The monoisotopic (exact) mass is 419 g/mol. The van der Waals surface area contributed by atoms with E-state index in [0.29, 0.717) is 18.9 Å². The highest BCUT2D eigenvalue weighted by atomic mass is 32.2. The normalized spacial score (nSPS) is 18.4. The van der Waals surface area contributed by atoms with Crippen molar-refractivity contribution in [1.82, 2.24) is 14.7 Å². The van der Waals surface area contributed by atoms with Gasteiger partial charge in [-0.15, -0.1) is 0 Å². The van der Waals surface area contributed by atoms with E-state index in [9.17, 15) is 13.2 Å². The highest BCUT2D eigenvalue weighted by molar-refractivity contribution is 7.89. The Morgan fingerprint density at radius 2 is 1.86 bits per heavy atom. The number of benzene rings is 2. The largest absolute Gasteiger partial charge is 0.489 e. The van der Waals surface area contributed by atoms with Crippen molar-refractivity contribution in [2.45, 2.75) is 24.5 Å². The first-order valence-electron chi connectivity index (χ1n) is 9.24. The summed E-state index contributed by atoms with van der Waals surface area (Å²) in [5, 5.41) is 8.98. The van der Waals surface area contributed by atoms with Crippen LogP contribution in [0.25, 0.3) is 0 Å². The number of carbonyl (C=O) groups excluding carboxylic acids is 1. The van der Waals surface area contributed by atoms with Crippen LogP contribution in [-0.2, 0) is 21.4 Å². The third kappa shape index (κ3) is 4.76. The first-order chi connectivity index (χ1) is 13.8. The average Bonchev–Trinajstić information content (AvgIpc) is 2.72. The van der Waals surface area contributed by atoms with Gasteiger partial charge in [-0.1, -0.05) is 24.3 Å². The second kappa shape index (κ2) is 8.91. The quantitative estimate of drug-likeness (QED) is 0.542. The molecule has 9 heteroatoms. The molecule has 2 aromatic rings. The van der Waals surface area contributed by atoms with E-state index in [1.54, 1.807) is 24.7 Å². The summed E-state index contributed by atoms with van der Waals surface area (Å²) in [6, 6.07) is 13.0. The van der Waals surface area contributed by atoms with Gasteiger partial charge in [0.05, 0.1) is 4.90 Å². The molecule has 1 amide bonds. The lowest BCUT2D eigenvalue weighted by atomic mass is 10.1. The first-order valence-corrected chi connectivity index (χ1v) is 10.7. The van der Waals surface area contributed by atoms with Crippen LogP contribution in [0, 0.1) is 6.92 Å². The van der Waals surface area contributed by atoms with E-state index in [2.05, 4.69) is 0 Å². The maximum absolute atomic E-state index is 13.1. The molecule has 0 aliphatic carbocycles. The van der Waals surface area contributed by atoms with Gasteiger partial charge in [-0.2, -0.15) is 4.31 Å². The summed E-state index contributed by atoms with van der Waals surface area (Å²) in [5.74, 6) is -0.200. The van der Waals surface area contributed by atoms with E-state index >= 15 is 0 Å². The summed E-state index contributed by atoms with van der Waals surface area (Å²) in [6.45, 7) is 3.23. The number of sulfonamides is 1. The topological polar surface area (TPSA) is 99.2 Å². The summed E-state index contributed by atoms with van der Waals surface area (Å²) in [6.07, 6.45) is 0. The number of carbonyl (C=O) groups is 1. The smallest absolute Gasteiger partial charge is 0.263 e. The van der Waals surface area contributed by atoms with Gasteiger partial charge in [0.15, 0.2) is 0 Å². The Morgan fingerprint density at radius 1 is 1.17 bits per heavy atom. The fourth-order valence-corrected chi connectivity index (χ4v) is 4.83. The van der Waals surface area contributed by atoms with Crippen LogP contribution in [0.15, 0.2) is 53.4 Å². The van der Waals surface area contributed by atoms with Crippen LogP contribution >= 0.6 is 0 Å². The van der Waals surface area contributed by atoms with Crippen LogP contribution in [0.4, 0.5) is 0 Å². The molecule has 0 radical (unpaired) electrons. The van der Waals surface area contributed by atoms with Crippen LogP contribution in [0.3, 0.4) is 0 Å². The Morgan fingerprint density at radius 3 is 2.52 bits per heavy atom. The molecule has 1 saturated heterocycles. The number of rotatable bonds is 6. The molecule has 0 spiro atoms. The molecule has 1 atom stereocenters. The molecular formula is C20H25N3O5S. The summed E-state index contributed by atoms with van der Waals surface area (Å²) < 4.78 is 33.0. The second-order valence-corrected chi connectivity index (χ2v) is 8.95. The summed E-state index contributed by atoms with van der Waals surface area (Å²) >= 11 is 0. The Kier molecular flexibility index (Phi) is 6.53.